The molecule has 0 amide bonds. The third kappa shape index (κ3) is 4.49. The van der Waals surface area contributed by atoms with Crippen LogP contribution in [0.25, 0.3) is 0 Å². The molecular formula is C12H23NO3. The van der Waals surface area contributed by atoms with Crippen LogP contribution in [-0.2, 0) is 9.53 Å². The summed E-state index contributed by atoms with van der Waals surface area (Å²) in [5.41, 5.74) is 0. The minimum atomic E-state index is -0.213. The Labute approximate surface area is 97.6 Å². The molecule has 1 aliphatic rings. The molecule has 0 aromatic rings. The van der Waals surface area contributed by atoms with Gasteiger partial charge in [0.15, 0.2) is 0 Å². The zero-order valence-corrected chi connectivity index (χ0v) is 10.3. The van der Waals surface area contributed by atoms with Crippen LogP contribution < -0.4 is 0 Å². The van der Waals surface area contributed by atoms with E-state index in [-0.39, 0.29) is 12.1 Å². The Bertz CT molecular complexity index is 218. The number of hydrogen-bond donors (Lipinski definition) is 1. The van der Waals surface area contributed by atoms with Crippen LogP contribution in [-0.4, -0.2) is 48.3 Å². The molecule has 1 saturated heterocycles. The molecule has 0 spiro atoms. The first-order valence-corrected chi connectivity index (χ1v) is 6.19. The van der Waals surface area contributed by atoms with Gasteiger partial charge in [-0.3, -0.25) is 4.79 Å². The fourth-order valence-electron chi connectivity index (χ4n) is 2.14. The van der Waals surface area contributed by atoms with Gasteiger partial charge >= 0.3 is 5.97 Å². The van der Waals surface area contributed by atoms with Gasteiger partial charge in [0.25, 0.3) is 0 Å². The van der Waals surface area contributed by atoms with E-state index in [1.54, 1.807) is 0 Å². The lowest BCUT2D eigenvalue weighted by Crippen LogP contribution is -2.25. The van der Waals surface area contributed by atoms with Crippen LogP contribution in [0.15, 0.2) is 0 Å². The second-order valence-electron chi connectivity index (χ2n) is 4.50. The van der Waals surface area contributed by atoms with Crippen molar-refractivity contribution in [3.05, 3.63) is 0 Å². The molecule has 16 heavy (non-hydrogen) atoms. The number of nitrogens with zero attached hydrogens (tertiary/aromatic N) is 1. The monoisotopic (exact) mass is 229 g/mol. The van der Waals surface area contributed by atoms with E-state index in [0.717, 1.165) is 32.5 Å². The van der Waals surface area contributed by atoms with Gasteiger partial charge in [-0.15, -0.1) is 0 Å². The van der Waals surface area contributed by atoms with E-state index in [2.05, 4.69) is 4.90 Å². The fourth-order valence-corrected chi connectivity index (χ4v) is 2.14. The SMILES string of the molecule is CCOC(=O)CCCN1CCC(C(C)O)C1. The predicted molar refractivity (Wildman–Crippen MR) is 62.1 cm³/mol. The lowest BCUT2D eigenvalue weighted by molar-refractivity contribution is -0.143. The van der Waals surface area contributed by atoms with Crippen LogP contribution in [0.4, 0.5) is 0 Å². The average Bonchev–Trinajstić information content (AvgIpc) is 2.67. The Hall–Kier alpha value is -0.610. The number of ether oxygens (including phenoxy) is 1. The smallest absolute Gasteiger partial charge is 0.305 e. The summed E-state index contributed by atoms with van der Waals surface area (Å²) >= 11 is 0. The number of esters is 1. The van der Waals surface area contributed by atoms with Crippen LogP contribution in [0.3, 0.4) is 0 Å². The van der Waals surface area contributed by atoms with Gasteiger partial charge in [0.2, 0.25) is 0 Å². The van der Waals surface area contributed by atoms with Gasteiger partial charge in [0, 0.05) is 13.0 Å². The Morgan fingerprint density at radius 3 is 2.94 bits per heavy atom. The summed E-state index contributed by atoms with van der Waals surface area (Å²) in [6.45, 7) is 7.08. The lowest BCUT2D eigenvalue weighted by Gasteiger charge is -2.16. The molecule has 0 aliphatic carbocycles. The highest BCUT2D eigenvalue weighted by atomic mass is 16.5. The third-order valence-corrected chi connectivity index (χ3v) is 3.15. The normalized spacial score (nSPS) is 23.3. The first kappa shape index (κ1) is 13.5. The van der Waals surface area contributed by atoms with Gasteiger partial charge < -0.3 is 14.7 Å². The second-order valence-corrected chi connectivity index (χ2v) is 4.50. The highest BCUT2D eigenvalue weighted by Gasteiger charge is 2.25. The van der Waals surface area contributed by atoms with Crippen molar-refractivity contribution in [2.45, 2.75) is 39.2 Å². The van der Waals surface area contributed by atoms with Crippen molar-refractivity contribution < 1.29 is 14.6 Å². The van der Waals surface area contributed by atoms with Crippen molar-refractivity contribution >= 4 is 5.97 Å². The van der Waals surface area contributed by atoms with Crippen molar-refractivity contribution in [1.29, 1.82) is 0 Å². The van der Waals surface area contributed by atoms with Crippen LogP contribution in [0.1, 0.15) is 33.1 Å². The molecule has 4 nitrogen and oxygen atoms in total. The molecule has 1 fully saturated rings. The van der Waals surface area contributed by atoms with E-state index >= 15 is 0 Å². The lowest BCUT2D eigenvalue weighted by atomic mass is 10.0. The number of carbonyl (C=O) groups excluding carboxylic acids is 1. The summed E-state index contributed by atoms with van der Waals surface area (Å²) in [4.78, 5) is 13.4. The molecule has 0 aromatic heterocycles. The third-order valence-electron chi connectivity index (χ3n) is 3.15. The molecule has 0 saturated carbocycles. The summed E-state index contributed by atoms with van der Waals surface area (Å²) in [6.07, 6.45) is 2.21. The number of carbonyl (C=O) groups is 1. The standard InChI is InChI=1S/C12H23NO3/c1-3-16-12(15)5-4-7-13-8-6-11(9-13)10(2)14/h10-11,14H,3-9H2,1-2H3. The van der Waals surface area contributed by atoms with E-state index in [1.807, 2.05) is 13.8 Å². The molecule has 2 atom stereocenters. The van der Waals surface area contributed by atoms with Crippen molar-refractivity contribution in [3.63, 3.8) is 0 Å². The van der Waals surface area contributed by atoms with Crippen molar-refractivity contribution in [3.8, 4) is 0 Å². The number of aliphatic hydroxyl groups is 1. The zero-order valence-electron chi connectivity index (χ0n) is 10.3. The number of rotatable bonds is 6. The molecule has 2 unspecified atom stereocenters. The molecule has 1 N–H and O–H groups in total. The Morgan fingerprint density at radius 1 is 1.62 bits per heavy atom. The van der Waals surface area contributed by atoms with Crippen molar-refractivity contribution in [1.82, 2.24) is 4.90 Å². The van der Waals surface area contributed by atoms with Gasteiger partial charge in [-0.2, -0.15) is 0 Å². The number of aliphatic hydroxyl groups excluding tert-OH is 1. The minimum absolute atomic E-state index is 0.103. The topological polar surface area (TPSA) is 49.8 Å². The van der Waals surface area contributed by atoms with Gasteiger partial charge in [0.1, 0.15) is 0 Å². The molecule has 0 aromatic carbocycles. The fraction of sp³-hybridized carbons (Fsp3) is 0.917. The molecule has 1 rings (SSSR count). The van der Waals surface area contributed by atoms with Gasteiger partial charge in [-0.05, 0) is 45.7 Å². The van der Waals surface area contributed by atoms with Gasteiger partial charge in [-0.1, -0.05) is 0 Å². The molecule has 94 valence electrons. The van der Waals surface area contributed by atoms with E-state index in [4.69, 9.17) is 4.74 Å². The van der Waals surface area contributed by atoms with E-state index in [1.165, 1.54) is 0 Å². The molecular weight excluding hydrogens is 206 g/mol. The Kier molecular flexibility index (Phi) is 5.77. The molecule has 0 radical (unpaired) electrons. The molecule has 1 aliphatic heterocycles. The Morgan fingerprint density at radius 2 is 2.38 bits per heavy atom. The van der Waals surface area contributed by atoms with E-state index in [0.29, 0.717) is 18.9 Å². The molecule has 0 bridgehead atoms. The summed E-state index contributed by atoms with van der Waals surface area (Å²) in [6, 6.07) is 0. The average molecular weight is 229 g/mol. The summed E-state index contributed by atoms with van der Waals surface area (Å²) in [5, 5.41) is 9.45. The number of likely N-dealkylation sites (tertiary alicyclic amines) is 1. The van der Waals surface area contributed by atoms with Gasteiger partial charge in [-0.25, -0.2) is 0 Å². The largest absolute Gasteiger partial charge is 0.466 e. The van der Waals surface area contributed by atoms with Crippen molar-refractivity contribution in [2.24, 2.45) is 5.92 Å². The minimum Gasteiger partial charge on any atom is -0.466 e. The van der Waals surface area contributed by atoms with E-state index < -0.39 is 0 Å². The maximum absolute atomic E-state index is 11.1. The van der Waals surface area contributed by atoms with E-state index in [9.17, 15) is 9.90 Å². The van der Waals surface area contributed by atoms with Crippen LogP contribution in [0, 0.1) is 5.92 Å². The first-order chi connectivity index (χ1) is 7.63. The maximum Gasteiger partial charge on any atom is 0.305 e. The maximum atomic E-state index is 11.1. The highest BCUT2D eigenvalue weighted by Crippen LogP contribution is 2.19. The van der Waals surface area contributed by atoms with Crippen LogP contribution in [0.2, 0.25) is 0 Å². The van der Waals surface area contributed by atoms with Crippen molar-refractivity contribution in [2.75, 3.05) is 26.2 Å². The summed E-state index contributed by atoms with van der Waals surface area (Å²) in [7, 11) is 0. The van der Waals surface area contributed by atoms with Crippen LogP contribution in [0.5, 0.6) is 0 Å². The quantitative estimate of drug-likeness (QED) is 0.691. The first-order valence-electron chi connectivity index (χ1n) is 6.19. The second kappa shape index (κ2) is 6.86. The highest BCUT2D eigenvalue weighted by molar-refractivity contribution is 5.69. The Balaban J connectivity index is 2.09. The summed E-state index contributed by atoms with van der Waals surface area (Å²) in [5.74, 6) is 0.302. The predicted octanol–water partition coefficient (Wildman–Crippen LogP) is 1.03. The molecule has 1 heterocycles. The van der Waals surface area contributed by atoms with Crippen LogP contribution >= 0.6 is 0 Å². The number of hydrogen-bond acceptors (Lipinski definition) is 4. The van der Waals surface area contributed by atoms with Gasteiger partial charge in [0.05, 0.1) is 12.7 Å². The zero-order chi connectivity index (χ0) is 12.0. The molecule has 4 heteroatoms. The summed E-state index contributed by atoms with van der Waals surface area (Å²) < 4.78 is 4.87.